The lowest BCUT2D eigenvalue weighted by atomic mass is 10.2. The van der Waals surface area contributed by atoms with E-state index in [2.05, 4.69) is 0 Å². The molecule has 0 amide bonds. The van der Waals surface area contributed by atoms with Gasteiger partial charge in [-0.15, -0.1) is 0 Å². The van der Waals surface area contributed by atoms with E-state index in [1.54, 1.807) is 0 Å². The summed E-state index contributed by atoms with van der Waals surface area (Å²) >= 11 is 0. The molecule has 4 heteroatoms. The third kappa shape index (κ3) is 2.11. The normalized spacial score (nSPS) is 9.18. The maximum atomic E-state index is 12.6. The molecule has 0 N–H and O–H groups in total. The van der Waals surface area contributed by atoms with Gasteiger partial charge in [-0.05, 0) is 39.9 Å². The first-order chi connectivity index (χ1) is 5.26. The third-order valence-corrected chi connectivity index (χ3v) is 2.04. The Kier molecular flexibility index (Phi) is 2.75. The number of hydrogen-bond donors (Lipinski definition) is 0. The maximum Gasteiger partial charge on any atom is 0.125 e. The van der Waals surface area contributed by atoms with E-state index >= 15 is 0 Å². The van der Waals surface area contributed by atoms with Crippen LogP contribution in [0.15, 0.2) is 23.1 Å². The molecule has 0 spiro atoms. The Morgan fingerprint density at radius 3 is 2.73 bits per heavy atom. The SMILES string of the molecule is N#Cc1cc(F)cc(SCl)c1. The zero-order valence-electron chi connectivity index (χ0n) is 5.34. The highest BCUT2D eigenvalue weighted by Gasteiger charge is 1.98. The summed E-state index contributed by atoms with van der Waals surface area (Å²) in [6, 6.07) is 5.80. The van der Waals surface area contributed by atoms with Gasteiger partial charge < -0.3 is 0 Å². The number of nitrogens with zero attached hydrogens (tertiary/aromatic N) is 1. The van der Waals surface area contributed by atoms with Crippen molar-refractivity contribution in [1.29, 1.82) is 5.26 Å². The molecule has 0 heterocycles. The molecule has 0 aliphatic carbocycles. The van der Waals surface area contributed by atoms with Crippen molar-refractivity contribution in [1.82, 2.24) is 0 Å². The average Bonchev–Trinajstić information content (AvgIpc) is 2.03. The molecule has 0 unspecified atom stereocenters. The summed E-state index contributed by atoms with van der Waals surface area (Å²) in [6.07, 6.45) is 0. The Hall–Kier alpha value is -0.720. The Balaban J connectivity index is 3.15. The van der Waals surface area contributed by atoms with Crippen molar-refractivity contribution in [3.63, 3.8) is 0 Å². The van der Waals surface area contributed by atoms with Crippen LogP contribution < -0.4 is 0 Å². The van der Waals surface area contributed by atoms with E-state index in [0.29, 0.717) is 4.90 Å². The zero-order valence-corrected chi connectivity index (χ0v) is 6.92. The van der Waals surface area contributed by atoms with Crippen molar-refractivity contribution < 1.29 is 4.39 Å². The van der Waals surface area contributed by atoms with Gasteiger partial charge in [0, 0.05) is 4.90 Å². The van der Waals surface area contributed by atoms with Crippen molar-refractivity contribution in [3.8, 4) is 6.07 Å². The molecule has 0 aliphatic rings. The number of rotatable bonds is 1. The van der Waals surface area contributed by atoms with Gasteiger partial charge in [0.1, 0.15) is 5.82 Å². The van der Waals surface area contributed by atoms with Crippen molar-refractivity contribution in [3.05, 3.63) is 29.6 Å². The van der Waals surface area contributed by atoms with Gasteiger partial charge in [0.25, 0.3) is 0 Å². The largest absolute Gasteiger partial charge is 0.207 e. The molecule has 0 aromatic heterocycles. The van der Waals surface area contributed by atoms with Crippen LogP contribution in [-0.4, -0.2) is 0 Å². The van der Waals surface area contributed by atoms with E-state index in [9.17, 15) is 4.39 Å². The molecule has 0 aliphatic heterocycles. The Morgan fingerprint density at radius 2 is 2.18 bits per heavy atom. The predicted octanol–water partition coefficient (Wildman–Crippen LogP) is 2.94. The van der Waals surface area contributed by atoms with Gasteiger partial charge in [-0.1, -0.05) is 0 Å². The molecule has 0 saturated carbocycles. The van der Waals surface area contributed by atoms with Gasteiger partial charge >= 0.3 is 0 Å². The standard InChI is InChI=1S/C7H3ClFNS/c8-11-7-2-5(4-10)1-6(9)3-7/h1-3H. The molecule has 0 fully saturated rings. The lowest BCUT2D eigenvalue weighted by Gasteiger charge is -1.94. The number of hydrogen-bond acceptors (Lipinski definition) is 2. The van der Waals surface area contributed by atoms with Crippen LogP contribution in [0.4, 0.5) is 4.39 Å². The number of benzene rings is 1. The monoisotopic (exact) mass is 187 g/mol. The van der Waals surface area contributed by atoms with E-state index in [1.165, 1.54) is 12.1 Å². The van der Waals surface area contributed by atoms with Crippen LogP contribution in [0.25, 0.3) is 0 Å². The summed E-state index contributed by atoms with van der Waals surface area (Å²) in [5.41, 5.74) is 0.285. The first-order valence-electron chi connectivity index (χ1n) is 2.75. The van der Waals surface area contributed by atoms with Gasteiger partial charge in [-0.2, -0.15) is 5.26 Å². The Labute approximate surface area is 72.3 Å². The lowest BCUT2D eigenvalue weighted by Crippen LogP contribution is -1.79. The fourth-order valence-corrected chi connectivity index (χ4v) is 1.27. The first-order valence-corrected chi connectivity index (χ1v) is 4.40. The molecule has 1 aromatic rings. The van der Waals surface area contributed by atoms with Crippen molar-refractivity contribution in [2.75, 3.05) is 0 Å². The van der Waals surface area contributed by atoms with Gasteiger partial charge in [0.05, 0.1) is 11.6 Å². The van der Waals surface area contributed by atoms with Gasteiger partial charge in [-0.3, -0.25) is 0 Å². The molecule has 0 radical (unpaired) electrons. The van der Waals surface area contributed by atoms with Gasteiger partial charge in [-0.25, -0.2) is 4.39 Å². The van der Waals surface area contributed by atoms with Crippen LogP contribution in [0.5, 0.6) is 0 Å². The predicted molar refractivity (Wildman–Crippen MR) is 42.8 cm³/mol. The zero-order chi connectivity index (χ0) is 8.27. The molecule has 56 valence electrons. The highest BCUT2D eigenvalue weighted by atomic mass is 35.7. The molecule has 1 rings (SSSR count). The lowest BCUT2D eigenvalue weighted by molar-refractivity contribution is 0.624. The van der Waals surface area contributed by atoms with Crippen molar-refractivity contribution >= 4 is 21.7 Å². The molecular formula is C7H3ClFNS. The van der Waals surface area contributed by atoms with E-state index < -0.39 is 5.82 Å². The highest BCUT2D eigenvalue weighted by Crippen LogP contribution is 2.23. The van der Waals surface area contributed by atoms with Crippen LogP contribution in [0, 0.1) is 17.1 Å². The van der Waals surface area contributed by atoms with E-state index in [1.807, 2.05) is 6.07 Å². The van der Waals surface area contributed by atoms with Crippen LogP contribution >= 0.6 is 21.7 Å². The van der Waals surface area contributed by atoms with Crippen LogP contribution in [-0.2, 0) is 0 Å². The fourth-order valence-electron chi connectivity index (χ4n) is 0.672. The summed E-state index contributed by atoms with van der Waals surface area (Å²) in [6.45, 7) is 0. The summed E-state index contributed by atoms with van der Waals surface area (Å²) in [7, 11) is 6.26. The second kappa shape index (κ2) is 3.61. The Bertz CT molecular complexity index is 308. The summed E-state index contributed by atoms with van der Waals surface area (Å²) in [5, 5.41) is 8.41. The minimum Gasteiger partial charge on any atom is -0.207 e. The topological polar surface area (TPSA) is 23.8 Å². The minimum absolute atomic E-state index is 0.285. The molecule has 1 aromatic carbocycles. The average molecular weight is 188 g/mol. The number of nitriles is 1. The van der Waals surface area contributed by atoms with E-state index in [4.69, 9.17) is 15.9 Å². The maximum absolute atomic E-state index is 12.6. The molecular weight excluding hydrogens is 185 g/mol. The van der Waals surface area contributed by atoms with Crippen LogP contribution in [0.1, 0.15) is 5.56 Å². The molecule has 11 heavy (non-hydrogen) atoms. The van der Waals surface area contributed by atoms with Crippen molar-refractivity contribution in [2.45, 2.75) is 4.90 Å². The first kappa shape index (κ1) is 8.38. The quantitative estimate of drug-likeness (QED) is 0.675. The van der Waals surface area contributed by atoms with Crippen molar-refractivity contribution in [2.24, 2.45) is 0 Å². The number of halogens is 2. The van der Waals surface area contributed by atoms with E-state index in [-0.39, 0.29) is 5.56 Å². The summed E-state index contributed by atoms with van der Waals surface area (Å²) in [4.78, 5) is 0.545. The molecule has 1 nitrogen and oxygen atoms in total. The second-order valence-corrected chi connectivity index (χ2v) is 2.95. The van der Waals surface area contributed by atoms with E-state index in [0.717, 1.165) is 17.0 Å². The van der Waals surface area contributed by atoms with Crippen LogP contribution in [0.3, 0.4) is 0 Å². The smallest absolute Gasteiger partial charge is 0.125 e. The minimum atomic E-state index is -0.438. The summed E-state index contributed by atoms with van der Waals surface area (Å²) < 4.78 is 12.6. The Morgan fingerprint density at radius 1 is 1.45 bits per heavy atom. The molecule has 0 atom stereocenters. The summed E-state index contributed by atoms with van der Waals surface area (Å²) in [5.74, 6) is -0.438. The third-order valence-electron chi connectivity index (χ3n) is 1.09. The molecule has 0 bridgehead atoms. The van der Waals surface area contributed by atoms with Gasteiger partial charge in [0.15, 0.2) is 0 Å². The van der Waals surface area contributed by atoms with Gasteiger partial charge in [0.2, 0.25) is 0 Å². The fraction of sp³-hybridized carbons (Fsp3) is 0. The highest BCUT2D eigenvalue weighted by molar-refractivity contribution is 8.21. The molecule has 0 saturated heterocycles. The second-order valence-electron chi connectivity index (χ2n) is 1.86. The van der Waals surface area contributed by atoms with Crippen LogP contribution in [0.2, 0.25) is 0 Å².